The van der Waals surface area contributed by atoms with E-state index in [1.54, 1.807) is 6.92 Å². The summed E-state index contributed by atoms with van der Waals surface area (Å²) in [5, 5.41) is 9.46. The van der Waals surface area contributed by atoms with Gasteiger partial charge in [0.25, 0.3) is 0 Å². The molecule has 1 rings (SSSR count). The topological polar surface area (TPSA) is 49.8 Å². The minimum atomic E-state index is -0.668. The highest BCUT2D eigenvalue weighted by atomic mass is 16.5. The van der Waals surface area contributed by atoms with Crippen LogP contribution in [0.25, 0.3) is 0 Å². The van der Waals surface area contributed by atoms with E-state index in [-0.39, 0.29) is 11.5 Å². The summed E-state index contributed by atoms with van der Waals surface area (Å²) in [5.41, 5.74) is -0.896. The first-order chi connectivity index (χ1) is 6.68. The number of morpholine rings is 1. The molecule has 4 nitrogen and oxygen atoms in total. The van der Waals surface area contributed by atoms with Crippen LogP contribution < -0.4 is 0 Å². The maximum atomic E-state index is 11.6. The van der Waals surface area contributed by atoms with E-state index >= 15 is 0 Å². The van der Waals surface area contributed by atoms with Crippen LogP contribution in [-0.2, 0) is 9.53 Å². The lowest BCUT2D eigenvalue weighted by atomic mass is 9.90. The Morgan fingerprint density at radius 3 is 2.47 bits per heavy atom. The highest BCUT2D eigenvalue weighted by Crippen LogP contribution is 2.31. The molecule has 0 spiro atoms. The van der Waals surface area contributed by atoms with Crippen LogP contribution in [0.1, 0.15) is 34.6 Å². The van der Waals surface area contributed by atoms with Crippen molar-refractivity contribution in [2.24, 2.45) is 0 Å². The zero-order chi connectivity index (χ0) is 11.9. The van der Waals surface area contributed by atoms with Gasteiger partial charge in [-0.05, 0) is 34.6 Å². The Balaban J connectivity index is 2.96. The molecule has 1 aliphatic heterocycles. The second-order valence-corrected chi connectivity index (χ2v) is 5.41. The third-order valence-corrected chi connectivity index (χ3v) is 2.91. The molecule has 0 aromatic carbocycles. The number of nitrogens with zero attached hydrogens (tertiary/aromatic N) is 1. The van der Waals surface area contributed by atoms with E-state index in [1.165, 1.54) is 0 Å². The number of β-amino-alcohol motifs (C(OH)–C–C–N with tert-alkyl or cyclic N) is 1. The Morgan fingerprint density at radius 1 is 1.47 bits per heavy atom. The van der Waals surface area contributed by atoms with Crippen molar-refractivity contribution in [2.75, 3.05) is 13.2 Å². The number of aliphatic hydroxyl groups excluding tert-OH is 1. The van der Waals surface area contributed by atoms with E-state index in [2.05, 4.69) is 0 Å². The predicted octanol–water partition coefficient (Wildman–Crippen LogP) is 0.783. The molecule has 0 aliphatic carbocycles. The first kappa shape index (κ1) is 12.5. The number of hydrogen-bond acceptors (Lipinski definition) is 4. The van der Waals surface area contributed by atoms with Crippen molar-refractivity contribution >= 4 is 5.97 Å². The number of ether oxygens (including phenoxy) is 1. The van der Waals surface area contributed by atoms with E-state index in [0.717, 1.165) is 0 Å². The predicted molar refractivity (Wildman–Crippen MR) is 57.5 cm³/mol. The summed E-state index contributed by atoms with van der Waals surface area (Å²) < 4.78 is 5.16. The van der Waals surface area contributed by atoms with Gasteiger partial charge in [0.1, 0.15) is 12.1 Å². The third kappa shape index (κ3) is 2.32. The molecule has 1 aliphatic rings. The van der Waals surface area contributed by atoms with Crippen molar-refractivity contribution in [3.05, 3.63) is 0 Å². The van der Waals surface area contributed by atoms with Crippen LogP contribution in [0.2, 0.25) is 0 Å². The molecular weight excluding hydrogens is 194 g/mol. The van der Waals surface area contributed by atoms with Gasteiger partial charge >= 0.3 is 5.97 Å². The molecule has 0 aromatic rings. The second kappa shape index (κ2) is 3.76. The minimum absolute atomic E-state index is 0.220. The Bertz CT molecular complexity index is 259. The van der Waals surface area contributed by atoms with Gasteiger partial charge < -0.3 is 9.84 Å². The molecule has 0 radical (unpaired) electrons. The SMILES string of the molecule is CC(O)CN1C(C)(C)COC(=O)C1(C)C. The summed E-state index contributed by atoms with van der Waals surface area (Å²) >= 11 is 0. The standard InChI is InChI=1S/C11H21NO3/c1-8(13)6-12-10(2,3)7-15-9(14)11(12,4)5/h8,13H,6-7H2,1-5H3. The summed E-state index contributed by atoms with van der Waals surface area (Å²) in [5.74, 6) is -0.220. The van der Waals surface area contributed by atoms with Gasteiger partial charge in [0.05, 0.1) is 11.6 Å². The molecule has 0 aromatic heterocycles. The number of carbonyl (C=O) groups excluding carboxylic acids is 1. The maximum absolute atomic E-state index is 11.6. The molecule has 1 unspecified atom stereocenters. The van der Waals surface area contributed by atoms with E-state index in [1.807, 2.05) is 32.6 Å². The number of carbonyl (C=O) groups is 1. The van der Waals surface area contributed by atoms with Gasteiger partial charge in [-0.3, -0.25) is 9.69 Å². The fourth-order valence-corrected chi connectivity index (χ4v) is 2.10. The van der Waals surface area contributed by atoms with Gasteiger partial charge in [0.15, 0.2) is 0 Å². The first-order valence-electron chi connectivity index (χ1n) is 5.31. The van der Waals surface area contributed by atoms with Crippen LogP contribution >= 0.6 is 0 Å². The normalized spacial score (nSPS) is 27.2. The van der Waals surface area contributed by atoms with Crippen molar-refractivity contribution in [2.45, 2.75) is 51.8 Å². The summed E-state index contributed by atoms with van der Waals surface area (Å²) in [4.78, 5) is 13.7. The molecule has 1 atom stereocenters. The molecule has 0 amide bonds. The smallest absolute Gasteiger partial charge is 0.326 e. The lowest BCUT2D eigenvalue weighted by Crippen LogP contribution is -2.67. The average molecular weight is 215 g/mol. The molecule has 4 heteroatoms. The monoisotopic (exact) mass is 215 g/mol. The Labute approximate surface area is 91.2 Å². The average Bonchev–Trinajstić information content (AvgIpc) is 2.07. The number of aliphatic hydroxyl groups is 1. The third-order valence-electron chi connectivity index (χ3n) is 2.91. The fraction of sp³-hybridized carbons (Fsp3) is 0.909. The number of hydrogen-bond donors (Lipinski definition) is 1. The fourth-order valence-electron chi connectivity index (χ4n) is 2.10. The molecule has 0 saturated carbocycles. The summed E-state index contributed by atoms with van der Waals surface area (Å²) in [6, 6.07) is 0. The van der Waals surface area contributed by atoms with Crippen LogP contribution in [0.4, 0.5) is 0 Å². The Morgan fingerprint density at radius 2 is 2.00 bits per heavy atom. The number of esters is 1. The van der Waals surface area contributed by atoms with Crippen molar-refractivity contribution in [3.63, 3.8) is 0 Å². The highest BCUT2D eigenvalue weighted by Gasteiger charge is 2.48. The molecule has 1 saturated heterocycles. The summed E-state index contributed by atoms with van der Waals surface area (Å²) in [6.07, 6.45) is -0.450. The largest absolute Gasteiger partial charge is 0.462 e. The molecule has 0 bridgehead atoms. The van der Waals surface area contributed by atoms with E-state index in [4.69, 9.17) is 4.74 Å². The maximum Gasteiger partial charge on any atom is 0.326 e. The van der Waals surface area contributed by atoms with Crippen molar-refractivity contribution in [3.8, 4) is 0 Å². The van der Waals surface area contributed by atoms with E-state index in [0.29, 0.717) is 13.2 Å². The molecule has 15 heavy (non-hydrogen) atoms. The van der Waals surface area contributed by atoms with Crippen LogP contribution in [0, 0.1) is 0 Å². The van der Waals surface area contributed by atoms with Gasteiger partial charge in [-0.1, -0.05) is 0 Å². The zero-order valence-electron chi connectivity index (χ0n) is 10.2. The molecule has 88 valence electrons. The first-order valence-corrected chi connectivity index (χ1v) is 5.31. The summed E-state index contributed by atoms with van der Waals surface area (Å²) in [6.45, 7) is 10.3. The van der Waals surface area contributed by atoms with E-state index < -0.39 is 11.6 Å². The molecular formula is C11H21NO3. The lowest BCUT2D eigenvalue weighted by molar-refractivity contribution is -0.183. The van der Waals surface area contributed by atoms with Gasteiger partial charge in [-0.25, -0.2) is 0 Å². The molecule has 1 heterocycles. The Hall–Kier alpha value is -0.610. The molecule has 1 fully saturated rings. The summed E-state index contributed by atoms with van der Waals surface area (Å²) in [7, 11) is 0. The van der Waals surface area contributed by atoms with Gasteiger partial charge in [0.2, 0.25) is 0 Å². The van der Waals surface area contributed by atoms with Gasteiger partial charge in [-0.2, -0.15) is 0 Å². The zero-order valence-corrected chi connectivity index (χ0v) is 10.2. The number of rotatable bonds is 2. The lowest BCUT2D eigenvalue weighted by Gasteiger charge is -2.51. The minimum Gasteiger partial charge on any atom is -0.462 e. The van der Waals surface area contributed by atoms with Crippen LogP contribution in [-0.4, -0.2) is 46.3 Å². The second-order valence-electron chi connectivity index (χ2n) is 5.41. The Kier molecular flexibility index (Phi) is 3.12. The van der Waals surface area contributed by atoms with Gasteiger partial charge in [-0.15, -0.1) is 0 Å². The quantitative estimate of drug-likeness (QED) is 0.692. The van der Waals surface area contributed by atoms with Crippen LogP contribution in [0.15, 0.2) is 0 Å². The van der Waals surface area contributed by atoms with Gasteiger partial charge in [0, 0.05) is 6.54 Å². The van der Waals surface area contributed by atoms with Crippen LogP contribution in [0.3, 0.4) is 0 Å². The van der Waals surface area contributed by atoms with Crippen molar-refractivity contribution in [1.82, 2.24) is 4.90 Å². The van der Waals surface area contributed by atoms with Crippen molar-refractivity contribution in [1.29, 1.82) is 0 Å². The highest BCUT2D eigenvalue weighted by molar-refractivity contribution is 5.80. The van der Waals surface area contributed by atoms with Crippen LogP contribution in [0.5, 0.6) is 0 Å². The molecule has 1 N–H and O–H groups in total. The van der Waals surface area contributed by atoms with E-state index in [9.17, 15) is 9.90 Å². The number of cyclic esters (lactones) is 1. The van der Waals surface area contributed by atoms with Crippen molar-refractivity contribution < 1.29 is 14.6 Å².